The summed E-state index contributed by atoms with van der Waals surface area (Å²) in [5.74, 6) is 0.220. The zero-order valence-electron chi connectivity index (χ0n) is 12.4. The first-order valence-corrected chi connectivity index (χ1v) is 7.10. The van der Waals surface area contributed by atoms with Gasteiger partial charge >= 0.3 is 0 Å². The van der Waals surface area contributed by atoms with Gasteiger partial charge in [-0.2, -0.15) is 0 Å². The van der Waals surface area contributed by atoms with Crippen LogP contribution in [0.1, 0.15) is 36.6 Å². The molecule has 1 N–H and O–H groups in total. The Balaban J connectivity index is 2.17. The van der Waals surface area contributed by atoms with Crippen molar-refractivity contribution in [3.63, 3.8) is 0 Å². The molecule has 4 heteroatoms. The van der Waals surface area contributed by atoms with E-state index in [1.165, 1.54) is 5.56 Å². The number of fused-ring (bicyclic) bond motifs is 1. The second kappa shape index (κ2) is 6.37. The number of nitrogens with zero attached hydrogens (tertiary/aromatic N) is 1. The van der Waals surface area contributed by atoms with E-state index in [1.54, 1.807) is 7.11 Å². The topological polar surface area (TPSA) is 49.8 Å². The van der Waals surface area contributed by atoms with Crippen LogP contribution in [-0.2, 0) is 22.5 Å². The molecule has 0 saturated heterocycles. The van der Waals surface area contributed by atoms with E-state index in [4.69, 9.17) is 4.74 Å². The summed E-state index contributed by atoms with van der Waals surface area (Å²) in [4.78, 5) is 14.0. The molecule has 1 aromatic carbocycles. The zero-order chi connectivity index (χ0) is 14.7. The molecule has 1 aliphatic rings. The first kappa shape index (κ1) is 15.0. The summed E-state index contributed by atoms with van der Waals surface area (Å²) in [6.45, 7) is 5.56. The third-order valence-electron chi connectivity index (χ3n) is 3.76. The van der Waals surface area contributed by atoms with Crippen molar-refractivity contribution in [1.82, 2.24) is 4.90 Å². The molecule has 0 fully saturated rings. The van der Waals surface area contributed by atoms with Gasteiger partial charge in [0.05, 0.1) is 6.61 Å². The number of aliphatic hydroxyl groups excluding tert-OH is 1. The van der Waals surface area contributed by atoms with Gasteiger partial charge in [-0.3, -0.25) is 4.79 Å². The number of hydrogen-bond acceptors (Lipinski definition) is 3. The van der Waals surface area contributed by atoms with Crippen LogP contribution in [0.5, 0.6) is 0 Å². The fourth-order valence-corrected chi connectivity index (χ4v) is 2.59. The molecule has 0 aliphatic carbocycles. The number of hydrogen-bond donors (Lipinski definition) is 1. The van der Waals surface area contributed by atoms with E-state index in [9.17, 15) is 9.90 Å². The Labute approximate surface area is 120 Å². The van der Waals surface area contributed by atoms with E-state index in [0.29, 0.717) is 6.54 Å². The molecule has 1 amide bonds. The molecule has 0 radical (unpaired) electrons. The maximum Gasteiger partial charge on any atom is 0.225 e. The molecular formula is C16H23NO3. The number of rotatable bonds is 4. The van der Waals surface area contributed by atoms with Crippen molar-refractivity contribution in [1.29, 1.82) is 0 Å². The number of benzene rings is 1. The summed E-state index contributed by atoms with van der Waals surface area (Å²) in [7, 11) is 1.57. The molecule has 0 spiro atoms. The Morgan fingerprint density at radius 2 is 2.15 bits per heavy atom. The van der Waals surface area contributed by atoms with Crippen LogP contribution in [0.4, 0.5) is 0 Å². The van der Waals surface area contributed by atoms with E-state index >= 15 is 0 Å². The third-order valence-corrected chi connectivity index (χ3v) is 3.76. The lowest BCUT2D eigenvalue weighted by molar-refractivity contribution is -0.135. The Hall–Kier alpha value is -1.39. The lowest BCUT2D eigenvalue weighted by Gasteiger charge is -2.30. The number of aliphatic hydroxyl groups is 1. The molecule has 1 aromatic rings. The van der Waals surface area contributed by atoms with E-state index in [0.717, 1.165) is 24.1 Å². The van der Waals surface area contributed by atoms with Crippen LogP contribution in [-0.4, -0.2) is 36.2 Å². The van der Waals surface area contributed by atoms with Crippen molar-refractivity contribution >= 4 is 5.91 Å². The van der Waals surface area contributed by atoms with Crippen molar-refractivity contribution < 1.29 is 14.6 Å². The van der Waals surface area contributed by atoms with E-state index in [-0.39, 0.29) is 18.4 Å². The number of amides is 1. The largest absolute Gasteiger partial charge is 0.386 e. The van der Waals surface area contributed by atoms with E-state index in [2.05, 4.69) is 6.07 Å². The molecule has 0 saturated carbocycles. The van der Waals surface area contributed by atoms with Crippen LogP contribution >= 0.6 is 0 Å². The van der Waals surface area contributed by atoms with Crippen LogP contribution in [0.15, 0.2) is 18.2 Å². The molecule has 1 heterocycles. The molecule has 110 valence electrons. The summed E-state index contributed by atoms with van der Waals surface area (Å²) >= 11 is 0. The zero-order valence-corrected chi connectivity index (χ0v) is 12.4. The standard InChI is InChI=1S/C16H23NO3/c1-11(2)16(19)17-7-6-12-4-5-13(8-14(12)9-17)15(18)10-20-3/h4-5,8,11,15,18H,6-7,9-10H2,1-3H3. The summed E-state index contributed by atoms with van der Waals surface area (Å²) in [6.07, 6.45) is 0.274. The SMILES string of the molecule is COCC(O)c1ccc2c(c1)CN(C(=O)C(C)C)CC2. The van der Waals surface area contributed by atoms with Crippen LogP contribution in [0.25, 0.3) is 0 Å². The van der Waals surface area contributed by atoms with Crippen molar-refractivity contribution in [3.05, 3.63) is 34.9 Å². The molecule has 2 rings (SSSR count). The average molecular weight is 277 g/mol. The van der Waals surface area contributed by atoms with E-state index in [1.807, 2.05) is 30.9 Å². The van der Waals surface area contributed by atoms with Crippen LogP contribution < -0.4 is 0 Å². The number of methoxy groups -OCH3 is 1. The molecular weight excluding hydrogens is 254 g/mol. The smallest absolute Gasteiger partial charge is 0.225 e. The number of ether oxygens (including phenoxy) is 1. The third kappa shape index (κ3) is 3.19. The van der Waals surface area contributed by atoms with Gasteiger partial charge in [0, 0.05) is 26.1 Å². The molecule has 1 atom stereocenters. The van der Waals surface area contributed by atoms with Gasteiger partial charge in [-0.1, -0.05) is 32.0 Å². The molecule has 1 unspecified atom stereocenters. The molecule has 0 aromatic heterocycles. The van der Waals surface area contributed by atoms with Gasteiger partial charge in [-0.25, -0.2) is 0 Å². The van der Waals surface area contributed by atoms with Crippen LogP contribution in [0.2, 0.25) is 0 Å². The maximum absolute atomic E-state index is 12.1. The second-order valence-electron chi connectivity index (χ2n) is 5.66. The van der Waals surface area contributed by atoms with Crippen molar-refractivity contribution in [2.24, 2.45) is 5.92 Å². The van der Waals surface area contributed by atoms with Crippen molar-refractivity contribution in [2.45, 2.75) is 32.9 Å². The minimum Gasteiger partial charge on any atom is -0.386 e. The quantitative estimate of drug-likeness (QED) is 0.914. The minimum atomic E-state index is -0.610. The van der Waals surface area contributed by atoms with Gasteiger partial charge < -0.3 is 14.7 Å². The lowest BCUT2D eigenvalue weighted by Crippen LogP contribution is -2.38. The second-order valence-corrected chi connectivity index (χ2v) is 5.66. The lowest BCUT2D eigenvalue weighted by atomic mass is 9.95. The average Bonchev–Trinajstić information content (AvgIpc) is 2.45. The molecule has 0 bridgehead atoms. The predicted molar refractivity (Wildman–Crippen MR) is 77.2 cm³/mol. The van der Waals surface area contributed by atoms with Crippen LogP contribution in [0, 0.1) is 5.92 Å². The highest BCUT2D eigenvalue weighted by molar-refractivity contribution is 5.78. The van der Waals surface area contributed by atoms with Crippen LogP contribution in [0.3, 0.4) is 0 Å². The fraction of sp³-hybridized carbons (Fsp3) is 0.562. The Kier molecular flexibility index (Phi) is 4.78. The van der Waals surface area contributed by atoms with Gasteiger partial charge in [0.25, 0.3) is 0 Å². The van der Waals surface area contributed by atoms with Gasteiger partial charge in [0.2, 0.25) is 5.91 Å². The van der Waals surface area contributed by atoms with Gasteiger partial charge in [-0.05, 0) is 23.1 Å². The monoisotopic (exact) mass is 277 g/mol. The van der Waals surface area contributed by atoms with E-state index < -0.39 is 6.10 Å². The van der Waals surface area contributed by atoms with Gasteiger partial charge in [-0.15, -0.1) is 0 Å². The summed E-state index contributed by atoms with van der Waals surface area (Å²) < 4.78 is 4.98. The van der Waals surface area contributed by atoms with Gasteiger partial charge in [0.15, 0.2) is 0 Å². The normalized spacial score (nSPS) is 16.1. The molecule has 4 nitrogen and oxygen atoms in total. The Morgan fingerprint density at radius 3 is 2.80 bits per heavy atom. The fourth-order valence-electron chi connectivity index (χ4n) is 2.59. The number of carbonyl (C=O) groups excluding carboxylic acids is 1. The first-order chi connectivity index (χ1) is 9.52. The van der Waals surface area contributed by atoms with Crippen molar-refractivity contribution in [3.8, 4) is 0 Å². The highest BCUT2D eigenvalue weighted by Gasteiger charge is 2.23. The highest BCUT2D eigenvalue weighted by Crippen LogP contribution is 2.24. The first-order valence-electron chi connectivity index (χ1n) is 7.10. The predicted octanol–water partition coefficient (Wildman–Crippen LogP) is 1.91. The summed E-state index contributed by atoms with van der Waals surface area (Å²) in [5, 5.41) is 9.98. The minimum absolute atomic E-state index is 0.0267. The highest BCUT2D eigenvalue weighted by atomic mass is 16.5. The van der Waals surface area contributed by atoms with Gasteiger partial charge in [0.1, 0.15) is 6.10 Å². The van der Waals surface area contributed by atoms with Crippen molar-refractivity contribution in [2.75, 3.05) is 20.3 Å². The summed E-state index contributed by atoms with van der Waals surface area (Å²) in [6, 6.07) is 6.00. The Bertz CT molecular complexity index is 485. The number of carbonyl (C=O) groups is 1. The summed E-state index contributed by atoms with van der Waals surface area (Å²) in [5.41, 5.74) is 3.26. The Morgan fingerprint density at radius 1 is 1.40 bits per heavy atom. The maximum atomic E-state index is 12.1. The molecule has 1 aliphatic heterocycles. The molecule has 20 heavy (non-hydrogen) atoms.